The summed E-state index contributed by atoms with van der Waals surface area (Å²) >= 11 is 7.78. The van der Waals surface area contributed by atoms with E-state index in [-0.39, 0.29) is 24.6 Å². The highest BCUT2D eigenvalue weighted by Gasteiger charge is 2.36. The van der Waals surface area contributed by atoms with Gasteiger partial charge in [-0.1, -0.05) is 55.8 Å². The van der Waals surface area contributed by atoms with Crippen molar-refractivity contribution >= 4 is 51.4 Å². The van der Waals surface area contributed by atoms with Crippen LogP contribution in [0, 0.1) is 12.3 Å². The standard InChI is InChI=1S/C32H31ClN4O5S/c1-19(2)23-11-10-20(3)14-26(23)40-12-13-41-29-25(33)16-21(17-27(29)39-4)15-24-30(34)37-32(35-31(24)38)43-28(36-37)18-42-22-8-6-5-7-9-22/h5-11,14-17,19,34H,12-13,18H2,1-4H3/b24-15-,34-30?. The van der Waals surface area contributed by atoms with E-state index in [4.69, 9.17) is 36.0 Å². The number of hydrogen-bond acceptors (Lipinski definition) is 8. The van der Waals surface area contributed by atoms with Crippen molar-refractivity contribution < 1.29 is 23.7 Å². The molecule has 1 N–H and O–H groups in total. The maximum Gasteiger partial charge on any atom is 0.283 e. The van der Waals surface area contributed by atoms with Crippen LogP contribution in [0.4, 0.5) is 0 Å². The molecule has 3 aromatic carbocycles. The Morgan fingerprint density at radius 3 is 2.53 bits per heavy atom. The molecule has 1 amide bonds. The van der Waals surface area contributed by atoms with Crippen LogP contribution in [-0.2, 0) is 4.79 Å². The van der Waals surface area contributed by atoms with Crippen LogP contribution in [-0.4, -0.2) is 53.9 Å². The summed E-state index contributed by atoms with van der Waals surface area (Å²) in [6, 6.07) is 18.8. The van der Waals surface area contributed by atoms with E-state index in [1.165, 1.54) is 30.0 Å². The van der Waals surface area contributed by atoms with E-state index in [0.29, 0.717) is 50.6 Å². The molecule has 0 atom stereocenters. The van der Waals surface area contributed by atoms with Crippen LogP contribution in [0.1, 0.15) is 36.5 Å². The monoisotopic (exact) mass is 618 g/mol. The van der Waals surface area contributed by atoms with Crippen molar-refractivity contribution in [3.05, 3.63) is 87.9 Å². The number of carbonyl (C=O) groups excluding carboxylic acids is 1. The van der Waals surface area contributed by atoms with Gasteiger partial charge in [-0.05, 0) is 77.7 Å². The van der Waals surface area contributed by atoms with Crippen molar-refractivity contribution in [3.8, 4) is 23.0 Å². The number of hydrazone groups is 1. The number of thioether (sulfide) groups is 1. The van der Waals surface area contributed by atoms with Gasteiger partial charge in [0.15, 0.2) is 17.3 Å². The first kappa shape index (κ1) is 30.2. The highest BCUT2D eigenvalue weighted by Crippen LogP contribution is 2.38. The van der Waals surface area contributed by atoms with E-state index >= 15 is 0 Å². The maximum absolute atomic E-state index is 12.9. The number of nitrogens with one attached hydrogen (secondary N) is 1. The van der Waals surface area contributed by atoms with Gasteiger partial charge >= 0.3 is 0 Å². The molecule has 0 radical (unpaired) electrons. The Morgan fingerprint density at radius 1 is 1.02 bits per heavy atom. The normalized spacial score (nSPS) is 15.4. The van der Waals surface area contributed by atoms with Crippen LogP contribution in [0.25, 0.3) is 6.08 Å². The van der Waals surface area contributed by atoms with Crippen LogP contribution in [0.5, 0.6) is 23.0 Å². The van der Waals surface area contributed by atoms with Gasteiger partial charge in [-0.15, -0.1) is 0 Å². The topological polar surface area (TPSA) is 106 Å². The number of halogens is 1. The summed E-state index contributed by atoms with van der Waals surface area (Å²) in [5, 5.41) is 15.6. The Morgan fingerprint density at radius 2 is 1.79 bits per heavy atom. The van der Waals surface area contributed by atoms with Crippen LogP contribution in [0.3, 0.4) is 0 Å². The average molecular weight is 619 g/mol. The number of amidine groups is 2. The number of aryl methyl sites for hydroxylation is 1. The average Bonchev–Trinajstić information content (AvgIpc) is 3.40. The van der Waals surface area contributed by atoms with Crippen molar-refractivity contribution in [2.45, 2.75) is 26.7 Å². The molecule has 0 aliphatic carbocycles. The number of aliphatic imine (C=N–C) groups is 1. The first-order valence-corrected chi connectivity index (χ1v) is 14.8. The van der Waals surface area contributed by atoms with E-state index < -0.39 is 5.91 Å². The minimum absolute atomic E-state index is 0.0672. The largest absolute Gasteiger partial charge is 0.493 e. The fourth-order valence-corrected chi connectivity index (χ4v) is 5.49. The lowest BCUT2D eigenvalue weighted by molar-refractivity contribution is -0.114. The van der Waals surface area contributed by atoms with Crippen molar-refractivity contribution in [2.24, 2.45) is 10.1 Å². The van der Waals surface area contributed by atoms with Crippen LogP contribution >= 0.6 is 23.4 Å². The van der Waals surface area contributed by atoms with Gasteiger partial charge in [-0.2, -0.15) is 15.1 Å². The van der Waals surface area contributed by atoms with E-state index in [0.717, 1.165) is 16.9 Å². The second-order valence-electron chi connectivity index (χ2n) is 10.0. The minimum atomic E-state index is -0.548. The van der Waals surface area contributed by atoms with Gasteiger partial charge in [0.25, 0.3) is 5.91 Å². The molecule has 0 saturated carbocycles. The van der Waals surface area contributed by atoms with E-state index in [9.17, 15) is 4.79 Å². The number of fused-ring (bicyclic) bond motifs is 1. The van der Waals surface area contributed by atoms with Gasteiger partial charge in [0.2, 0.25) is 5.17 Å². The Balaban J connectivity index is 1.26. The van der Waals surface area contributed by atoms with Crippen molar-refractivity contribution in [2.75, 3.05) is 26.9 Å². The summed E-state index contributed by atoms with van der Waals surface area (Å²) in [5.41, 5.74) is 2.86. The molecular weight excluding hydrogens is 588 g/mol. The third-order valence-corrected chi connectivity index (χ3v) is 7.71. The first-order chi connectivity index (χ1) is 20.7. The van der Waals surface area contributed by atoms with Gasteiger partial charge in [0.05, 0.1) is 17.7 Å². The number of hydrogen-bond donors (Lipinski definition) is 1. The molecular formula is C32H31ClN4O5S. The number of carbonyl (C=O) groups is 1. The smallest absolute Gasteiger partial charge is 0.283 e. The number of ether oxygens (including phenoxy) is 4. The maximum atomic E-state index is 12.9. The molecule has 0 unspecified atom stereocenters. The molecule has 5 rings (SSSR count). The SMILES string of the molecule is COc1cc(/C=C2/C(=N)N3N=C(COc4ccccc4)SC3=NC2=O)cc(Cl)c1OCCOc1cc(C)ccc1C(C)C. The first-order valence-electron chi connectivity index (χ1n) is 13.6. The van der Waals surface area contributed by atoms with Gasteiger partial charge in [0, 0.05) is 0 Å². The summed E-state index contributed by atoms with van der Waals surface area (Å²) < 4.78 is 23.3. The number of benzene rings is 3. The molecule has 0 aromatic heterocycles. The number of nitrogens with zero attached hydrogens (tertiary/aromatic N) is 3. The number of amides is 1. The second-order valence-corrected chi connectivity index (χ2v) is 11.5. The van der Waals surface area contributed by atoms with E-state index in [2.05, 4.69) is 36.1 Å². The Kier molecular flexibility index (Phi) is 9.37. The highest BCUT2D eigenvalue weighted by molar-refractivity contribution is 8.27. The van der Waals surface area contributed by atoms with Gasteiger partial charge in [-0.25, -0.2) is 0 Å². The summed E-state index contributed by atoms with van der Waals surface area (Å²) in [4.78, 5) is 17.0. The predicted molar refractivity (Wildman–Crippen MR) is 171 cm³/mol. The number of rotatable bonds is 11. The molecule has 222 valence electrons. The Hall–Kier alpha value is -4.28. The zero-order valence-corrected chi connectivity index (χ0v) is 25.8. The quantitative estimate of drug-likeness (QED) is 0.183. The molecule has 11 heteroatoms. The number of methoxy groups -OCH3 is 1. The van der Waals surface area contributed by atoms with Crippen LogP contribution < -0.4 is 18.9 Å². The lowest BCUT2D eigenvalue weighted by Crippen LogP contribution is -2.35. The summed E-state index contributed by atoms with van der Waals surface area (Å²) in [7, 11) is 1.51. The fraction of sp³-hybridized carbons (Fsp3) is 0.250. The summed E-state index contributed by atoms with van der Waals surface area (Å²) in [6.07, 6.45) is 1.54. The Bertz CT molecular complexity index is 1640. The van der Waals surface area contributed by atoms with Gasteiger partial charge < -0.3 is 18.9 Å². The van der Waals surface area contributed by atoms with Crippen LogP contribution in [0.15, 0.2) is 76.3 Å². The van der Waals surface area contributed by atoms with E-state index in [1.54, 1.807) is 12.1 Å². The predicted octanol–water partition coefficient (Wildman–Crippen LogP) is 6.94. The van der Waals surface area contributed by atoms with Crippen molar-refractivity contribution in [1.82, 2.24) is 5.01 Å². The second kappa shape index (κ2) is 13.4. The van der Waals surface area contributed by atoms with Gasteiger partial charge in [0.1, 0.15) is 36.4 Å². The third-order valence-electron chi connectivity index (χ3n) is 6.54. The zero-order chi connectivity index (χ0) is 30.5. The fourth-order valence-electron chi connectivity index (χ4n) is 4.42. The van der Waals surface area contributed by atoms with E-state index in [1.807, 2.05) is 43.3 Å². The molecule has 0 saturated heterocycles. The number of para-hydroxylation sites is 1. The minimum Gasteiger partial charge on any atom is -0.493 e. The Labute approximate surface area is 259 Å². The van der Waals surface area contributed by atoms with Crippen LogP contribution in [0.2, 0.25) is 5.02 Å². The molecule has 3 aromatic rings. The van der Waals surface area contributed by atoms with Gasteiger partial charge in [-0.3, -0.25) is 10.2 Å². The molecule has 0 bridgehead atoms. The molecule has 0 fully saturated rings. The highest BCUT2D eigenvalue weighted by atomic mass is 35.5. The lowest BCUT2D eigenvalue weighted by atomic mass is 10.0. The molecule has 0 spiro atoms. The van der Waals surface area contributed by atoms with Crippen molar-refractivity contribution in [3.63, 3.8) is 0 Å². The zero-order valence-electron chi connectivity index (χ0n) is 24.2. The molecule has 9 nitrogen and oxygen atoms in total. The lowest BCUT2D eigenvalue weighted by Gasteiger charge is -2.20. The molecule has 43 heavy (non-hydrogen) atoms. The summed E-state index contributed by atoms with van der Waals surface area (Å²) in [5.74, 6) is 1.95. The van der Waals surface area contributed by atoms with Crippen molar-refractivity contribution in [1.29, 1.82) is 5.41 Å². The third kappa shape index (κ3) is 7.03. The molecule has 2 aliphatic rings. The molecule has 2 heterocycles. The molecule has 2 aliphatic heterocycles. The summed E-state index contributed by atoms with van der Waals surface area (Å²) in [6.45, 7) is 7.02.